The molecule has 2 heteroatoms. The maximum atomic E-state index is 11.0. The van der Waals surface area contributed by atoms with Gasteiger partial charge in [0.25, 0.3) is 0 Å². The zero-order chi connectivity index (χ0) is 8.36. The fourth-order valence-electron chi connectivity index (χ4n) is 0.380. The average molecular weight is 139 g/mol. The van der Waals surface area contributed by atoms with Crippen molar-refractivity contribution in [3.05, 3.63) is 0 Å². The van der Waals surface area contributed by atoms with E-state index >= 15 is 0 Å². The van der Waals surface area contributed by atoms with Gasteiger partial charge in [-0.1, -0.05) is 0 Å². The fraction of sp³-hybridized carbons (Fsp3) is 0.625. The Morgan fingerprint density at radius 1 is 1.50 bits per heavy atom. The van der Waals surface area contributed by atoms with Crippen LogP contribution >= 0.6 is 0 Å². The topological polar surface area (TPSA) is 20.3 Å². The van der Waals surface area contributed by atoms with Crippen LogP contribution in [0.15, 0.2) is 0 Å². The second kappa shape index (κ2) is 2.85. The SMILES string of the molecule is C#CC(=O)C(C)(C)N(C)C. The van der Waals surface area contributed by atoms with E-state index in [2.05, 4.69) is 5.92 Å². The number of hydrogen-bond acceptors (Lipinski definition) is 2. The van der Waals surface area contributed by atoms with Crippen molar-refractivity contribution in [1.82, 2.24) is 4.90 Å². The summed E-state index contributed by atoms with van der Waals surface area (Å²) in [7, 11) is 3.66. The van der Waals surface area contributed by atoms with Gasteiger partial charge < -0.3 is 0 Å². The van der Waals surface area contributed by atoms with E-state index in [0.717, 1.165) is 0 Å². The second-order valence-corrected chi connectivity index (χ2v) is 2.93. The number of likely N-dealkylation sites (N-methyl/N-ethyl adjacent to an activating group) is 1. The van der Waals surface area contributed by atoms with Crippen LogP contribution in [0.3, 0.4) is 0 Å². The Kier molecular flexibility index (Phi) is 2.62. The number of terminal acetylenes is 1. The van der Waals surface area contributed by atoms with Crippen molar-refractivity contribution < 1.29 is 4.79 Å². The normalized spacial score (nSPS) is 11.2. The van der Waals surface area contributed by atoms with Crippen molar-refractivity contribution in [1.29, 1.82) is 0 Å². The van der Waals surface area contributed by atoms with Crippen LogP contribution in [0.25, 0.3) is 0 Å². The first-order valence-corrected chi connectivity index (χ1v) is 3.11. The number of carbonyl (C=O) groups is 1. The lowest BCUT2D eigenvalue weighted by molar-refractivity contribution is -0.122. The third-order valence-electron chi connectivity index (χ3n) is 1.80. The molecule has 0 heterocycles. The highest BCUT2D eigenvalue weighted by Gasteiger charge is 2.27. The van der Waals surface area contributed by atoms with E-state index < -0.39 is 5.54 Å². The quantitative estimate of drug-likeness (QED) is 0.411. The lowest BCUT2D eigenvalue weighted by atomic mass is 9.99. The highest BCUT2D eigenvalue weighted by molar-refractivity contribution is 6.01. The minimum Gasteiger partial charge on any atom is -0.297 e. The zero-order valence-corrected chi connectivity index (χ0v) is 6.93. The van der Waals surface area contributed by atoms with Crippen molar-refractivity contribution in [2.45, 2.75) is 19.4 Å². The molecule has 0 amide bonds. The smallest absolute Gasteiger partial charge is 0.224 e. The zero-order valence-electron chi connectivity index (χ0n) is 6.93. The van der Waals surface area contributed by atoms with E-state index in [1.807, 2.05) is 14.1 Å². The predicted molar refractivity (Wildman–Crippen MR) is 41.6 cm³/mol. The minimum atomic E-state index is -0.533. The summed E-state index contributed by atoms with van der Waals surface area (Å²) in [6, 6.07) is 0. The Morgan fingerprint density at radius 2 is 1.90 bits per heavy atom. The van der Waals surface area contributed by atoms with Gasteiger partial charge in [0.1, 0.15) is 0 Å². The Bertz CT molecular complexity index is 174. The van der Waals surface area contributed by atoms with Gasteiger partial charge in [0.05, 0.1) is 5.54 Å². The van der Waals surface area contributed by atoms with E-state index in [4.69, 9.17) is 6.42 Å². The van der Waals surface area contributed by atoms with Gasteiger partial charge in [-0.15, -0.1) is 6.42 Å². The summed E-state index contributed by atoms with van der Waals surface area (Å²) in [4.78, 5) is 12.8. The lowest BCUT2D eigenvalue weighted by Gasteiger charge is -2.28. The third kappa shape index (κ3) is 1.58. The van der Waals surface area contributed by atoms with Crippen molar-refractivity contribution in [3.63, 3.8) is 0 Å². The van der Waals surface area contributed by atoms with Crippen LogP contribution in [0.2, 0.25) is 0 Å². The lowest BCUT2D eigenvalue weighted by Crippen LogP contribution is -2.44. The molecule has 2 nitrogen and oxygen atoms in total. The summed E-state index contributed by atoms with van der Waals surface area (Å²) in [5, 5.41) is 0. The van der Waals surface area contributed by atoms with E-state index in [0.29, 0.717) is 0 Å². The highest BCUT2D eigenvalue weighted by atomic mass is 16.1. The van der Waals surface area contributed by atoms with Gasteiger partial charge in [-0.2, -0.15) is 0 Å². The molecule has 0 aromatic rings. The molecule has 0 aliphatic heterocycles. The van der Waals surface area contributed by atoms with Crippen LogP contribution < -0.4 is 0 Å². The Morgan fingerprint density at radius 3 is 2.00 bits per heavy atom. The number of carbonyl (C=O) groups excluding carboxylic acids is 1. The number of Topliss-reactive ketones (excluding diaryl/α,β-unsaturated/α-hetero) is 1. The van der Waals surface area contributed by atoms with Gasteiger partial charge in [0.2, 0.25) is 5.78 Å². The molecule has 0 aromatic heterocycles. The number of rotatable bonds is 2. The second-order valence-electron chi connectivity index (χ2n) is 2.93. The third-order valence-corrected chi connectivity index (χ3v) is 1.80. The molecule has 0 radical (unpaired) electrons. The molecule has 0 aromatic carbocycles. The standard InChI is InChI=1S/C8H13NO/c1-6-7(10)8(2,3)9(4)5/h1H,2-5H3. The van der Waals surface area contributed by atoms with Crippen LogP contribution in [-0.4, -0.2) is 30.3 Å². The molecular weight excluding hydrogens is 126 g/mol. The molecule has 0 rings (SSSR count). The fourth-order valence-corrected chi connectivity index (χ4v) is 0.380. The Hall–Kier alpha value is -0.810. The summed E-state index contributed by atoms with van der Waals surface area (Å²) in [6.45, 7) is 3.60. The number of ketones is 1. The molecular formula is C8H13NO. The highest BCUT2D eigenvalue weighted by Crippen LogP contribution is 2.09. The van der Waals surface area contributed by atoms with E-state index in [9.17, 15) is 4.79 Å². The first kappa shape index (κ1) is 9.19. The maximum Gasteiger partial charge on any atom is 0.224 e. The summed E-state index contributed by atoms with van der Waals surface area (Å²) >= 11 is 0. The van der Waals surface area contributed by atoms with E-state index in [-0.39, 0.29) is 5.78 Å². The molecule has 10 heavy (non-hydrogen) atoms. The van der Waals surface area contributed by atoms with E-state index in [1.165, 1.54) is 0 Å². The molecule has 0 N–H and O–H groups in total. The maximum absolute atomic E-state index is 11.0. The minimum absolute atomic E-state index is 0.183. The Balaban J connectivity index is 4.44. The van der Waals surface area contributed by atoms with Crippen molar-refractivity contribution in [2.75, 3.05) is 14.1 Å². The van der Waals surface area contributed by atoms with Crippen molar-refractivity contribution in [2.24, 2.45) is 0 Å². The van der Waals surface area contributed by atoms with Crippen molar-refractivity contribution in [3.8, 4) is 12.3 Å². The molecule has 0 bridgehead atoms. The average Bonchev–Trinajstić information content (AvgIpc) is 1.86. The van der Waals surface area contributed by atoms with Crippen LogP contribution in [0.1, 0.15) is 13.8 Å². The van der Waals surface area contributed by atoms with Crippen LogP contribution in [0.4, 0.5) is 0 Å². The predicted octanol–water partition coefficient (Wildman–Crippen LogP) is 0.529. The largest absolute Gasteiger partial charge is 0.297 e. The molecule has 0 spiro atoms. The van der Waals surface area contributed by atoms with Gasteiger partial charge in [-0.05, 0) is 33.9 Å². The monoisotopic (exact) mass is 139 g/mol. The summed E-state index contributed by atoms with van der Waals surface area (Å²) in [6.07, 6.45) is 4.97. The van der Waals surface area contributed by atoms with E-state index in [1.54, 1.807) is 18.7 Å². The molecule has 0 saturated heterocycles. The van der Waals surface area contributed by atoms with Gasteiger partial charge in [0, 0.05) is 0 Å². The summed E-state index contributed by atoms with van der Waals surface area (Å²) in [5.74, 6) is 1.92. The summed E-state index contributed by atoms with van der Waals surface area (Å²) < 4.78 is 0. The van der Waals surface area contributed by atoms with Gasteiger partial charge >= 0.3 is 0 Å². The van der Waals surface area contributed by atoms with Gasteiger partial charge in [0.15, 0.2) is 0 Å². The molecule has 0 aliphatic carbocycles. The first-order valence-electron chi connectivity index (χ1n) is 3.11. The van der Waals surface area contributed by atoms with Crippen LogP contribution in [0.5, 0.6) is 0 Å². The Labute approximate surface area is 62.2 Å². The molecule has 0 fully saturated rings. The van der Waals surface area contributed by atoms with Crippen LogP contribution in [-0.2, 0) is 4.79 Å². The molecule has 0 saturated carbocycles. The molecule has 0 atom stereocenters. The number of nitrogens with zero attached hydrogens (tertiary/aromatic N) is 1. The van der Waals surface area contributed by atoms with Gasteiger partial charge in [-0.25, -0.2) is 0 Å². The number of hydrogen-bond donors (Lipinski definition) is 0. The van der Waals surface area contributed by atoms with Crippen molar-refractivity contribution >= 4 is 5.78 Å². The first-order chi connectivity index (χ1) is 4.42. The molecule has 0 aliphatic rings. The summed E-state index contributed by atoms with van der Waals surface area (Å²) in [5.41, 5.74) is -0.533. The molecule has 0 unspecified atom stereocenters. The van der Waals surface area contributed by atoms with Gasteiger partial charge in [-0.3, -0.25) is 9.69 Å². The van der Waals surface area contributed by atoms with Crippen LogP contribution in [0, 0.1) is 12.3 Å². The molecule has 56 valence electrons.